The molecule has 2 aliphatic rings. The summed E-state index contributed by atoms with van der Waals surface area (Å²) in [4.78, 5) is 8.81. The largest absolute Gasteiger partial charge is 0.393 e. The van der Waals surface area contributed by atoms with E-state index in [1.54, 1.807) is 0 Å². The van der Waals surface area contributed by atoms with Crippen LogP contribution in [0.4, 0.5) is 14.6 Å². The number of aliphatic hydroxyl groups excluding tert-OH is 1. The predicted molar refractivity (Wildman–Crippen MR) is 102 cm³/mol. The smallest absolute Gasteiger partial charge is 0.145 e. The Hall–Kier alpha value is -2.54. The van der Waals surface area contributed by atoms with Crippen LogP contribution in [0.15, 0.2) is 30.7 Å². The lowest BCUT2D eigenvalue weighted by Gasteiger charge is -2.17. The number of benzene rings is 1. The fourth-order valence-corrected chi connectivity index (χ4v) is 4.78. The lowest BCUT2D eigenvalue weighted by atomic mass is 10.1. The van der Waals surface area contributed by atoms with Gasteiger partial charge in [0, 0.05) is 17.8 Å². The SMILES string of the molecule is C[C@H]1C[C@@H](n2ccc3c(N[C@H]4CCc5c(F)ccc(F)c54)ncnc32)C[C@@H]1O. The first-order valence-electron chi connectivity index (χ1n) is 9.76. The Kier molecular flexibility index (Phi) is 4.08. The molecule has 7 heteroatoms. The van der Waals surface area contributed by atoms with Crippen molar-refractivity contribution >= 4 is 16.9 Å². The molecule has 0 radical (unpaired) electrons. The van der Waals surface area contributed by atoms with Gasteiger partial charge in [0.2, 0.25) is 0 Å². The van der Waals surface area contributed by atoms with Crippen molar-refractivity contribution in [1.82, 2.24) is 14.5 Å². The van der Waals surface area contributed by atoms with Gasteiger partial charge in [-0.15, -0.1) is 0 Å². The van der Waals surface area contributed by atoms with Crippen LogP contribution >= 0.6 is 0 Å². The summed E-state index contributed by atoms with van der Waals surface area (Å²) in [6.45, 7) is 2.06. The van der Waals surface area contributed by atoms with E-state index in [0.717, 1.165) is 17.5 Å². The number of anilines is 1. The van der Waals surface area contributed by atoms with Crippen molar-refractivity contribution in [2.24, 2.45) is 5.92 Å². The molecule has 146 valence electrons. The predicted octanol–water partition coefficient (Wildman–Crippen LogP) is 4.14. The van der Waals surface area contributed by atoms with Crippen LogP contribution in [-0.2, 0) is 6.42 Å². The molecule has 4 atom stereocenters. The topological polar surface area (TPSA) is 63.0 Å². The number of rotatable bonds is 3. The maximum atomic E-state index is 14.4. The minimum atomic E-state index is -0.386. The third-order valence-electron chi connectivity index (χ3n) is 6.31. The van der Waals surface area contributed by atoms with E-state index < -0.39 is 0 Å². The lowest BCUT2D eigenvalue weighted by Crippen LogP contribution is -2.11. The zero-order chi connectivity index (χ0) is 19.4. The second-order valence-electron chi connectivity index (χ2n) is 8.01. The minimum absolute atomic E-state index is 0.198. The molecule has 5 nitrogen and oxygen atoms in total. The molecular weight excluding hydrogens is 362 g/mol. The first kappa shape index (κ1) is 17.6. The van der Waals surface area contributed by atoms with Gasteiger partial charge in [-0.05, 0) is 55.4 Å². The molecular formula is C21H22F2N4O. The van der Waals surface area contributed by atoms with Crippen molar-refractivity contribution in [1.29, 1.82) is 0 Å². The molecule has 0 aliphatic heterocycles. The van der Waals surface area contributed by atoms with Crippen LogP contribution in [0, 0.1) is 17.6 Å². The molecule has 0 saturated heterocycles. The second kappa shape index (κ2) is 6.51. The number of nitrogens with one attached hydrogen (secondary N) is 1. The summed E-state index contributed by atoms with van der Waals surface area (Å²) in [5, 5.41) is 14.3. The normalized spacial score (nSPS) is 26.7. The fraction of sp³-hybridized carbons (Fsp3) is 0.429. The molecule has 0 unspecified atom stereocenters. The Labute approximate surface area is 161 Å². The summed E-state index contributed by atoms with van der Waals surface area (Å²) in [5.41, 5.74) is 1.65. The maximum Gasteiger partial charge on any atom is 0.145 e. The molecule has 2 N–H and O–H groups in total. The van der Waals surface area contributed by atoms with Gasteiger partial charge in [-0.25, -0.2) is 18.7 Å². The summed E-state index contributed by atoms with van der Waals surface area (Å²) in [5.74, 6) is 0.142. The third kappa shape index (κ3) is 2.68. The Bertz CT molecular complexity index is 1040. The van der Waals surface area contributed by atoms with Crippen molar-refractivity contribution in [3.05, 3.63) is 53.5 Å². The van der Waals surface area contributed by atoms with Gasteiger partial charge in [0.15, 0.2) is 0 Å². The summed E-state index contributed by atoms with van der Waals surface area (Å²) in [6.07, 6.45) is 5.90. The van der Waals surface area contributed by atoms with E-state index in [9.17, 15) is 13.9 Å². The molecule has 2 aromatic heterocycles. The molecule has 1 fully saturated rings. The standard InChI is InChI=1S/C21H22F2N4O/c1-11-8-12(9-18(11)28)27-7-6-14-20(24-10-25-21(14)27)26-17-5-2-13-15(22)3-4-16(23)19(13)17/h3-4,6-7,10-12,17-18,28H,2,5,8-9H2,1H3,(H,24,25,26)/t11-,12+,17-,18-/m0/s1. The van der Waals surface area contributed by atoms with E-state index in [2.05, 4.69) is 26.8 Å². The molecule has 3 aromatic rings. The van der Waals surface area contributed by atoms with Crippen LogP contribution in [0.5, 0.6) is 0 Å². The van der Waals surface area contributed by atoms with Gasteiger partial charge in [0.05, 0.1) is 17.5 Å². The number of hydrogen-bond acceptors (Lipinski definition) is 4. The zero-order valence-electron chi connectivity index (χ0n) is 15.6. The monoisotopic (exact) mass is 384 g/mol. The van der Waals surface area contributed by atoms with Crippen molar-refractivity contribution in [2.45, 2.75) is 50.8 Å². The first-order valence-corrected chi connectivity index (χ1v) is 9.76. The zero-order valence-corrected chi connectivity index (χ0v) is 15.6. The Morgan fingerprint density at radius 3 is 2.75 bits per heavy atom. The number of halogens is 2. The quantitative estimate of drug-likeness (QED) is 0.712. The average Bonchev–Trinajstić information content (AvgIpc) is 3.37. The summed E-state index contributed by atoms with van der Waals surface area (Å²) in [7, 11) is 0. The third-order valence-corrected chi connectivity index (χ3v) is 6.31. The van der Waals surface area contributed by atoms with Crippen molar-refractivity contribution in [2.75, 3.05) is 5.32 Å². The Balaban J connectivity index is 1.49. The molecule has 0 spiro atoms. The van der Waals surface area contributed by atoms with Gasteiger partial charge in [0.25, 0.3) is 0 Å². The average molecular weight is 384 g/mol. The number of aliphatic hydroxyl groups is 1. The van der Waals surface area contributed by atoms with E-state index in [1.165, 1.54) is 18.5 Å². The van der Waals surface area contributed by atoms with Crippen molar-refractivity contribution in [3.63, 3.8) is 0 Å². The van der Waals surface area contributed by atoms with Crippen LogP contribution in [0.25, 0.3) is 11.0 Å². The highest BCUT2D eigenvalue weighted by molar-refractivity contribution is 5.87. The lowest BCUT2D eigenvalue weighted by molar-refractivity contribution is 0.139. The van der Waals surface area contributed by atoms with Crippen molar-refractivity contribution < 1.29 is 13.9 Å². The minimum Gasteiger partial charge on any atom is -0.393 e. The van der Waals surface area contributed by atoms with Crippen LogP contribution in [0.2, 0.25) is 0 Å². The van der Waals surface area contributed by atoms with Crippen LogP contribution in [0.1, 0.15) is 49.4 Å². The molecule has 5 rings (SSSR count). The van der Waals surface area contributed by atoms with Crippen LogP contribution in [-0.4, -0.2) is 25.7 Å². The number of nitrogens with zero attached hydrogens (tertiary/aromatic N) is 3. The highest BCUT2D eigenvalue weighted by Gasteiger charge is 2.32. The highest BCUT2D eigenvalue weighted by Crippen LogP contribution is 2.39. The van der Waals surface area contributed by atoms with Gasteiger partial charge >= 0.3 is 0 Å². The first-order chi connectivity index (χ1) is 13.5. The number of fused-ring (bicyclic) bond motifs is 2. The molecule has 28 heavy (non-hydrogen) atoms. The van der Waals surface area contributed by atoms with Gasteiger partial charge in [-0.3, -0.25) is 0 Å². The molecule has 2 aliphatic carbocycles. The summed E-state index contributed by atoms with van der Waals surface area (Å²) >= 11 is 0. The number of aromatic nitrogens is 3. The van der Waals surface area contributed by atoms with Gasteiger partial charge in [-0.2, -0.15) is 0 Å². The second-order valence-corrected chi connectivity index (χ2v) is 8.01. The molecule has 1 aromatic carbocycles. The Morgan fingerprint density at radius 1 is 1.14 bits per heavy atom. The molecule has 0 bridgehead atoms. The van der Waals surface area contributed by atoms with Gasteiger partial charge in [0.1, 0.15) is 29.4 Å². The number of hydrogen-bond donors (Lipinski definition) is 2. The summed E-state index contributed by atoms with van der Waals surface area (Å²) < 4.78 is 30.5. The van der Waals surface area contributed by atoms with E-state index in [1.807, 2.05) is 12.3 Å². The Morgan fingerprint density at radius 2 is 1.96 bits per heavy atom. The van der Waals surface area contributed by atoms with Gasteiger partial charge in [-0.1, -0.05) is 6.92 Å². The molecule has 2 heterocycles. The van der Waals surface area contributed by atoms with Crippen LogP contribution in [0.3, 0.4) is 0 Å². The highest BCUT2D eigenvalue weighted by atomic mass is 19.1. The van der Waals surface area contributed by atoms with E-state index >= 15 is 0 Å². The molecule has 1 saturated carbocycles. The van der Waals surface area contributed by atoms with Crippen LogP contribution < -0.4 is 5.32 Å². The van der Waals surface area contributed by atoms with E-state index in [0.29, 0.717) is 36.2 Å². The van der Waals surface area contributed by atoms with Gasteiger partial charge < -0.3 is 15.0 Å². The summed E-state index contributed by atoms with van der Waals surface area (Å²) in [6, 6.07) is 4.21. The van der Waals surface area contributed by atoms with E-state index in [4.69, 9.17) is 0 Å². The molecule has 0 amide bonds. The maximum absolute atomic E-state index is 14.4. The van der Waals surface area contributed by atoms with E-state index in [-0.39, 0.29) is 35.7 Å². The van der Waals surface area contributed by atoms with Crippen molar-refractivity contribution in [3.8, 4) is 0 Å². The fourth-order valence-electron chi connectivity index (χ4n) is 4.78.